The molecule has 0 bridgehead atoms. The van der Waals surface area contributed by atoms with Crippen LogP contribution < -0.4 is 4.31 Å². The van der Waals surface area contributed by atoms with Gasteiger partial charge in [0.25, 0.3) is 10.0 Å². The highest BCUT2D eigenvalue weighted by molar-refractivity contribution is 7.92. The summed E-state index contributed by atoms with van der Waals surface area (Å²) in [6.45, 7) is 0.937. The number of hydrogen-bond acceptors (Lipinski definition) is 4. The zero-order valence-corrected chi connectivity index (χ0v) is 18.1. The molecular formula is C20H21F3N2O4S2. The van der Waals surface area contributed by atoms with Crippen molar-refractivity contribution in [3.8, 4) is 0 Å². The fourth-order valence-electron chi connectivity index (χ4n) is 3.97. The highest BCUT2D eigenvalue weighted by Gasteiger charge is 2.36. The second kappa shape index (κ2) is 7.79. The van der Waals surface area contributed by atoms with E-state index >= 15 is 0 Å². The number of piperidine rings is 1. The molecule has 0 radical (unpaired) electrons. The van der Waals surface area contributed by atoms with E-state index in [9.17, 15) is 30.0 Å². The minimum atomic E-state index is -4.66. The molecule has 0 aromatic heterocycles. The first-order valence-corrected chi connectivity index (χ1v) is 12.7. The molecule has 31 heavy (non-hydrogen) atoms. The van der Waals surface area contributed by atoms with Gasteiger partial charge in [0.1, 0.15) is 0 Å². The fourth-order valence-corrected chi connectivity index (χ4v) is 7.09. The third kappa shape index (κ3) is 4.06. The van der Waals surface area contributed by atoms with Crippen LogP contribution in [-0.2, 0) is 32.6 Å². The lowest BCUT2D eigenvalue weighted by atomic mass is 10.2. The van der Waals surface area contributed by atoms with Crippen molar-refractivity contribution in [2.75, 3.05) is 23.9 Å². The zero-order valence-electron chi connectivity index (χ0n) is 16.5. The van der Waals surface area contributed by atoms with Gasteiger partial charge in [-0.25, -0.2) is 16.8 Å². The molecule has 2 heterocycles. The molecule has 0 N–H and O–H groups in total. The number of sulfonamides is 2. The third-order valence-electron chi connectivity index (χ3n) is 5.61. The molecule has 1 fully saturated rings. The molecule has 168 valence electrons. The Kier molecular flexibility index (Phi) is 5.55. The fraction of sp³-hybridized carbons (Fsp3) is 0.400. The molecule has 0 aliphatic carbocycles. The van der Waals surface area contributed by atoms with Crippen molar-refractivity contribution >= 4 is 25.7 Å². The molecule has 6 nitrogen and oxygen atoms in total. The summed E-state index contributed by atoms with van der Waals surface area (Å²) in [6, 6.07) is 7.87. The summed E-state index contributed by atoms with van der Waals surface area (Å²) in [4.78, 5) is -0.355. The average molecular weight is 475 g/mol. The molecule has 2 aromatic carbocycles. The first kappa shape index (κ1) is 22.1. The SMILES string of the molecule is O=S(=O)(c1ccc2c(c1)CCN2S(=O)(=O)c1cccc(C(F)(F)F)c1)N1CCCCC1. The van der Waals surface area contributed by atoms with Crippen LogP contribution in [0.4, 0.5) is 18.9 Å². The molecular weight excluding hydrogens is 453 g/mol. The van der Waals surface area contributed by atoms with Crippen LogP contribution in [0.5, 0.6) is 0 Å². The lowest BCUT2D eigenvalue weighted by Gasteiger charge is -2.26. The van der Waals surface area contributed by atoms with Crippen molar-refractivity contribution in [1.82, 2.24) is 4.31 Å². The summed E-state index contributed by atoms with van der Waals surface area (Å²) in [6.07, 6.45) is -1.80. The van der Waals surface area contributed by atoms with Gasteiger partial charge < -0.3 is 0 Å². The summed E-state index contributed by atoms with van der Waals surface area (Å²) in [5, 5.41) is 0. The molecule has 0 unspecified atom stereocenters. The maximum atomic E-state index is 13.0. The van der Waals surface area contributed by atoms with Gasteiger partial charge in [-0.2, -0.15) is 17.5 Å². The van der Waals surface area contributed by atoms with E-state index in [2.05, 4.69) is 0 Å². The molecule has 0 atom stereocenters. The predicted octanol–water partition coefficient (Wildman–Crippen LogP) is 3.63. The van der Waals surface area contributed by atoms with E-state index in [0.717, 1.165) is 41.8 Å². The number of alkyl halides is 3. The van der Waals surface area contributed by atoms with Crippen molar-refractivity contribution in [3.63, 3.8) is 0 Å². The Bertz CT molecular complexity index is 1210. The molecule has 11 heteroatoms. The van der Waals surface area contributed by atoms with Crippen molar-refractivity contribution in [2.45, 2.75) is 41.7 Å². The van der Waals surface area contributed by atoms with Crippen LogP contribution >= 0.6 is 0 Å². The van der Waals surface area contributed by atoms with Crippen LogP contribution in [0.3, 0.4) is 0 Å². The topological polar surface area (TPSA) is 74.8 Å². The molecule has 2 aliphatic rings. The van der Waals surface area contributed by atoms with Gasteiger partial charge in [0.05, 0.1) is 21.0 Å². The molecule has 2 aromatic rings. The lowest BCUT2D eigenvalue weighted by Crippen LogP contribution is -2.35. The second-order valence-electron chi connectivity index (χ2n) is 7.61. The van der Waals surface area contributed by atoms with Gasteiger partial charge in [0.2, 0.25) is 10.0 Å². The summed E-state index contributed by atoms with van der Waals surface area (Å²) < 4.78 is 93.4. The summed E-state index contributed by atoms with van der Waals surface area (Å²) in [5.41, 5.74) is -0.223. The van der Waals surface area contributed by atoms with E-state index in [1.54, 1.807) is 0 Å². The zero-order chi connectivity index (χ0) is 22.4. The monoisotopic (exact) mass is 474 g/mol. The molecule has 0 amide bonds. The van der Waals surface area contributed by atoms with Gasteiger partial charge in [-0.15, -0.1) is 0 Å². The molecule has 1 saturated heterocycles. The minimum Gasteiger partial charge on any atom is -0.266 e. The Labute approximate surface area is 179 Å². The van der Waals surface area contributed by atoms with Gasteiger partial charge in [-0.1, -0.05) is 12.5 Å². The van der Waals surface area contributed by atoms with Gasteiger partial charge in [-0.3, -0.25) is 4.31 Å². The van der Waals surface area contributed by atoms with Gasteiger partial charge in [-0.05, 0) is 61.2 Å². The first-order chi connectivity index (χ1) is 14.5. The van der Waals surface area contributed by atoms with E-state index in [0.29, 0.717) is 24.7 Å². The number of rotatable bonds is 4. The Morgan fingerprint density at radius 1 is 0.774 bits per heavy atom. The highest BCUT2D eigenvalue weighted by Crippen LogP contribution is 2.37. The number of nitrogens with zero attached hydrogens (tertiary/aromatic N) is 2. The average Bonchev–Trinajstić information content (AvgIpc) is 3.18. The minimum absolute atomic E-state index is 0.0289. The van der Waals surface area contributed by atoms with E-state index in [-0.39, 0.29) is 23.5 Å². The van der Waals surface area contributed by atoms with E-state index < -0.39 is 36.7 Å². The van der Waals surface area contributed by atoms with Crippen molar-refractivity contribution < 1.29 is 30.0 Å². The Balaban J connectivity index is 1.66. The molecule has 2 aliphatic heterocycles. The van der Waals surface area contributed by atoms with Crippen molar-refractivity contribution in [3.05, 3.63) is 53.6 Å². The summed E-state index contributed by atoms with van der Waals surface area (Å²) in [7, 11) is -7.90. The Morgan fingerprint density at radius 2 is 1.45 bits per heavy atom. The lowest BCUT2D eigenvalue weighted by molar-refractivity contribution is -0.137. The maximum absolute atomic E-state index is 13.0. The van der Waals surface area contributed by atoms with Crippen molar-refractivity contribution in [2.24, 2.45) is 0 Å². The van der Waals surface area contributed by atoms with Crippen LogP contribution in [-0.4, -0.2) is 40.8 Å². The summed E-state index contributed by atoms with van der Waals surface area (Å²) in [5.74, 6) is 0. The van der Waals surface area contributed by atoms with E-state index in [1.165, 1.54) is 22.5 Å². The summed E-state index contributed by atoms with van der Waals surface area (Å²) >= 11 is 0. The largest absolute Gasteiger partial charge is 0.416 e. The molecule has 0 spiro atoms. The van der Waals surface area contributed by atoms with Gasteiger partial charge >= 0.3 is 6.18 Å². The van der Waals surface area contributed by atoms with E-state index in [4.69, 9.17) is 0 Å². The normalized spacial score (nSPS) is 18.2. The van der Waals surface area contributed by atoms with Crippen LogP contribution in [0.15, 0.2) is 52.3 Å². The second-order valence-corrected chi connectivity index (χ2v) is 11.4. The van der Waals surface area contributed by atoms with Crippen molar-refractivity contribution in [1.29, 1.82) is 0 Å². The number of fused-ring (bicyclic) bond motifs is 1. The van der Waals surface area contributed by atoms with Crippen LogP contribution in [0.2, 0.25) is 0 Å². The molecule has 4 rings (SSSR count). The highest BCUT2D eigenvalue weighted by atomic mass is 32.2. The van der Waals surface area contributed by atoms with Crippen LogP contribution in [0, 0.1) is 0 Å². The molecule has 0 saturated carbocycles. The number of hydrogen-bond donors (Lipinski definition) is 0. The van der Waals surface area contributed by atoms with E-state index in [1.807, 2.05) is 0 Å². The first-order valence-electron chi connectivity index (χ1n) is 9.84. The predicted molar refractivity (Wildman–Crippen MR) is 109 cm³/mol. The van der Waals surface area contributed by atoms with Gasteiger partial charge in [0.15, 0.2) is 0 Å². The van der Waals surface area contributed by atoms with Crippen LogP contribution in [0.25, 0.3) is 0 Å². The van der Waals surface area contributed by atoms with Gasteiger partial charge in [0, 0.05) is 19.6 Å². The standard InChI is InChI=1S/C20H21F3N2O4S2/c21-20(22,23)16-5-4-6-17(14-16)31(28,29)25-12-9-15-13-18(7-8-19(15)25)30(26,27)24-10-2-1-3-11-24/h4-8,13-14H,1-3,9-12H2. The van der Waals surface area contributed by atoms with Crippen LogP contribution in [0.1, 0.15) is 30.4 Å². The number of halogens is 3. The maximum Gasteiger partial charge on any atom is 0.416 e. The smallest absolute Gasteiger partial charge is 0.266 e. The Morgan fingerprint density at radius 3 is 2.13 bits per heavy atom. The Hall–Kier alpha value is -2.11. The third-order valence-corrected chi connectivity index (χ3v) is 9.31. The number of anilines is 1. The quantitative estimate of drug-likeness (QED) is 0.678. The number of benzene rings is 2.